The van der Waals surface area contributed by atoms with Crippen LogP contribution >= 0.6 is 0 Å². The van der Waals surface area contributed by atoms with E-state index in [9.17, 15) is 0 Å². The number of nitrogens with one attached hydrogen (secondary N) is 2. The van der Waals surface area contributed by atoms with E-state index in [-0.39, 0.29) is 0 Å². The molecule has 0 aliphatic carbocycles. The van der Waals surface area contributed by atoms with Crippen molar-refractivity contribution in [2.45, 2.75) is 439 Å². The van der Waals surface area contributed by atoms with Gasteiger partial charge in [0.25, 0.3) is 0 Å². The monoisotopic (exact) mass is 1070 g/mol. The molecule has 0 bridgehead atoms. The summed E-state index contributed by atoms with van der Waals surface area (Å²) in [6.45, 7) is 20.2. The summed E-state index contributed by atoms with van der Waals surface area (Å²) in [6, 6.07) is 0. The molecule has 76 heavy (non-hydrogen) atoms. The molecule has 0 aromatic carbocycles. The van der Waals surface area contributed by atoms with Crippen molar-refractivity contribution in [1.29, 1.82) is 0 Å². The van der Waals surface area contributed by atoms with Crippen molar-refractivity contribution in [2.24, 2.45) is 0 Å². The number of hydrogen-bond donors (Lipinski definition) is 2. The van der Waals surface area contributed by atoms with Crippen LogP contribution in [0.3, 0.4) is 0 Å². The van der Waals surface area contributed by atoms with Crippen LogP contribution in [-0.4, -0.2) is 26.2 Å². The third kappa shape index (κ3) is 84.9. The first-order chi connectivity index (χ1) is 37.8. The van der Waals surface area contributed by atoms with Gasteiger partial charge in [-0.05, 0) is 51.9 Å². The van der Waals surface area contributed by atoms with Gasteiger partial charge in [0.1, 0.15) is 0 Å². The molecule has 0 fully saturated rings. The molecule has 460 valence electrons. The molecule has 0 radical (unpaired) electrons. The fourth-order valence-electron chi connectivity index (χ4n) is 11.4. The van der Waals surface area contributed by atoms with Crippen molar-refractivity contribution in [1.82, 2.24) is 10.6 Å². The van der Waals surface area contributed by atoms with E-state index in [0.717, 1.165) is 0 Å². The molecule has 0 aromatic rings. The molecule has 0 aliphatic rings. The Bertz CT molecular complexity index is 749. The predicted octanol–water partition coefficient (Wildman–Crippen LogP) is 27.0. The quantitative estimate of drug-likeness (QED) is 0.0469. The maximum Gasteiger partial charge on any atom is -0.00489 e. The van der Waals surface area contributed by atoms with Crippen LogP contribution in [0.1, 0.15) is 439 Å². The van der Waals surface area contributed by atoms with Gasteiger partial charge in [0, 0.05) is 0 Å². The molecule has 0 rings (SSSR count). The van der Waals surface area contributed by atoms with Crippen molar-refractivity contribution in [3.8, 4) is 0 Å². The Morgan fingerprint density at radius 3 is 0.303 bits per heavy atom. The second kappa shape index (κ2) is 83.5. The number of rotatable bonds is 68. The Labute approximate surface area is 486 Å². The molecule has 0 heterocycles. The zero-order chi connectivity index (χ0) is 55.5. The summed E-state index contributed by atoms with van der Waals surface area (Å²) in [7, 11) is 0. The lowest BCUT2D eigenvalue weighted by Gasteiger charge is -2.06. The second-order valence-electron chi connectivity index (χ2n) is 24.7. The molecule has 0 atom stereocenters. The van der Waals surface area contributed by atoms with Crippen LogP contribution in [0, 0.1) is 0 Å². The average Bonchev–Trinajstić information content (AvgIpc) is 3.44. The molecule has 2 heteroatoms. The van der Waals surface area contributed by atoms with Crippen LogP contribution in [0.25, 0.3) is 0 Å². The summed E-state index contributed by atoms with van der Waals surface area (Å²) >= 11 is 0. The van der Waals surface area contributed by atoms with E-state index in [0.29, 0.717) is 0 Å². The van der Waals surface area contributed by atoms with Crippen molar-refractivity contribution in [3.63, 3.8) is 0 Å². The van der Waals surface area contributed by atoms with E-state index in [1.165, 1.54) is 437 Å². The molecule has 2 nitrogen and oxygen atoms in total. The smallest absolute Gasteiger partial charge is 0.00489 e. The third-order valence-electron chi connectivity index (χ3n) is 16.8. The van der Waals surface area contributed by atoms with Crippen molar-refractivity contribution < 1.29 is 0 Å². The molecule has 0 saturated carbocycles. The number of unbranched alkanes of at least 4 members (excludes halogenated alkanes) is 60. The highest BCUT2D eigenvalue weighted by Gasteiger charge is 2.00. The standard InChI is InChI=1S/2C36H75N.C2H4/c2*1-3-5-7-9-11-13-15-17-19-21-23-25-27-29-31-33-35-37-36-34-32-30-28-26-24-22-20-18-16-14-12-10-8-6-4-2;1-2/h2*37H,3-36H2,1-2H3;1-2H2. The Kier molecular flexibility index (Phi) is 87.7. The molecule has 0 unspecified atom stereocenters. The molecule has 0 amide bonds. The predicted molar refractivity (Wildman–Crippen MR) is 355 cm³/mol. The van der Waals surface area contributed by atoms with Crippen LogP contribution in [0.5, 0.6) is 0 Å². The van der Waals surface area contributed by atoms with E-state index in [1.807, 2.05) is 0 Å². The van der Waals surface area contributed by atoms with Crippen LogP contribution in [0.2, 0.25) is 0 Å². The summed E-state index contributed by atoms with van der Waals surface area (Å²) in [6.07, 6.45) is 93.4. The Morgan fingerprint density at radius 2 is 0.211 bits per heavy atom. The van der Waals surface area contributed by atoms with Crippen LogP contribution in [-0.2, 0) is 0 Å². The van der Waals surface area contributed by atoms with E-state index in [4.69, 9.17) is 0 Å². The van der Waals surface area contributed by atoms with Gasteiger partial charge in [-0.2, -0.15) is 0 Å². The minimum atomic E-state index is 1.25. The zero-order valence-electron chi connectivity index (χ0n) is 54.5. The molecular weight excluding hydrogens is 917 g/mol. The molecule has 2 N–H and O–H groups in total. The lowest BCUT2D eigenvalue weighted by molar-refractivity contribution is 0.515. The Morgan fingerprint density at radius 1 is 0.132 bits per heavy atom. The van der Waals surface area contributed by atoms with Gasteiger partial charge in [0.05, 0.1) is 0 Å². The lowest BCUT2D eigenvalue weighted by Crippen LogP contribution is -2.16. The first kappa shape index (κ1) is 79.9. The molecule has 0 spiro atoms. The topological polar surface area (TPSA) is 24.1 Å². The van der Waals surface area contributed by atoms with Crippen molar-refractivity contribution in [3.05, 3.63) is 13.2 Å². The van der Waals surface area contributed by atoms with Crippen LogP contribution in [0.15, 0.2) is 13.2 Å². The SMILES string of the molecule is C=C.CCCCCCCCCCCCCCCCCCNCCCCCCCCCCCCCCCCCC.CCCCCCCCCCCCCCCCCCNCCCCCCCCCCCCCCCCCC. The molecule has 0 saturated heterocycles. The molecule has 0 aliphatic heterocycles. The highest BCUT2D eigenvalue weighted by atomic mass is 14.8. The van der Waals surface area contributed by atoms with Crippen LogP contribution in [0.4, 0.5) is 0 Å². The Hall–Kier alpha value is -0.340. The van der Waals surface area contributed by atoms with Crippen molar-refractivity contribution in [2.75, 3.05) is 26.2 Å². The summed E-state index contributed by atoms with van der Waals surface area (Å²) < 4.78 is 0. The summed E-state index contributed by atoms with van der Waals surface area (Å²) in [5.74, 6) is 0. The first-order valence-corrected chi connectivity index (χ1v) is 36.7. The third-order valence-corrected chi connectivity index (χ3v) is 16.8. The van der Waals surface area contributed by atoms with Gasteiger partial charge in [-0.1, -0.05) is 413 Å². The largest absolute Gasteiger partial charge is 0.317 e. The first-order valence-electron chi connectivity index (χ1n) is 36.7. The maximum atomic E-state index is 3.68. The summed E-state index contributed by atoms with van der Waals surface area (Å²) in [4.78, 5) is 0. The average molecular weight is 1070 g/mol. The molecule has 0 aromatic heterocycles. The fraction of sp³-hybridized carbons (Fsp3) is 0.973. The maximum absolute atomic E-state index is 3.68. The van der Waals surface area contributed by atoms with E-state index in [2.05, 4.69) is 51.5 Å². The van der Waals surface area contributed by atoms with Crippen molar-refractivity contribution >= 4 is 0 Å². The van der Waals surface area contributed by atoms with Gasteiger partial charge < -0.3 is 10.6 Å². The summed E-state index contributed by atoms with van der Waals surface area (Å²) in [5.41, 5.74) is 0. The second-order valence-corrected chi connectivity index (χ2v) is 24.7. The van der Waals surface area contributed by atoms with Gasteiger partial charge in [-0.3, -0.25) is 0 Å². The van der Waals surface area contributed by atoms with Gasteiger partial charge in [-0.15, -0.1) is 13.2 Å². The minimum Gasteiger partial charge on any atom is -0.317 e. The van der Waals surface area contributed by atoms with E-state index in [1.54, 1.807) is 0 Å². The highest BCUT2D eigenvalue weighted by Crippen LogP contribution is 2.18. The van der Waals surface area contributed by atoms with E-state index >= 15 is 0 Å². The highest BCUT2D eigenvalue weighted by molar-refractivity contribution is 4.57. The molecular formula is C74H154N2. The minimum absolute atomic E-state index is 1.25. The normalized spacial score (nSPS) is 11.3. The lowest BCUT2D eigenvalue weighted by atomic mass is 10.0. The van der Waals surface area contributed by atoms with E-state index < -0.39 is 0 Å². The van der Waals surface area contributed by atoms with Gasteiger partial charge in [0.15, 0.2) is 0 Å². The van der Waals surface area contributed by atoms with Gasteiger partial charge >= 0.3 is 0 Å². The van der Waals surface area contributed by atoms with Gasteiger partial charge in [0.2, 0.25) is 0 Å². The van der Waals surface area contributed by atoms with Gasteiger partial charge in [-0.25, -0.2) is 0 Å². The number of hydrogen-bond acceptors (Lipinski definition) is 2. The summed E-state index contributed by atoms with van der Waals surface area (Å²) in [5, 5.41) is 7.37. The Balaban J connectivity index is -0.00000136. The van der Waals surface area contributed by atoms with Crippen LogP contribution < -0.4 is 10.6 Å². The fourth-order valence-corrected chi connectivity index (χ4v) is 11.4. The zero-order valence-corrected chi connectivity index (χ0v) is 54.5.